The number of nitrogens with one attached hydrogen (secondary N) is 2. The third-order valence-corrected chi connectivity index (χ3v) is 7.28. The second-order valence-corrected chi connectivity index (χ2v) is 10.3. The van der Waals surface area contributed by atoms with Gasteiger partial charge >= 0.3 is 10.2 Å². The largest absolute Gasteiger partial charge is 0.371 e. The molecule has 6 nitrogen and oxygen atoms in total. The summed E-state index contributed by atoms with van der Waals surface area (Å²) in [5, 5.41) is 8.13. The lowest BCUT2D eigenvalue weighted by atomic mass is 10.0. The van der Waals surface area contributed by atoms with E-state index in [1.807, 2.05) is 24.3 Å². The van der Waals surface area contributed by atoms with Crippen molar-refractivity contribution in [3.63, 3.8) is 0 Å². The molecule has 1 aliphatic heterocycles. The predicted molar refractivity (Wildman–Crippen MR) is 119 cm³/mol. The van der Waals surface area contributed by atoms with Gasteiger partial charge in [0.15, 0.2) is 0 Å². The van der Waals surface area contributed by atoms with Crippen molar-refractivity contribution in [3.8, 4) is 0 Å². The number of thiophene rings is 1. The summed E-state index contributed by atoms with van der Waals surface area (Å²) >= 11 is 1.76. The first kappa shape index (κ1) is 21.1. The highest BCUT2D eigenvalue weighted by atomic mass is 32.2. The van der Waals surface area contributed by atoms with Crippen LogP contribution in [0.25, 0.3) is 0 Å². The highest BCUT2D eigenvalue weighted by molar-refractivity contribution is 7.90. The third kappa shape index (κ3) is 5.70. The minimum absolute atomic E-state index is 0.482. The molecule has 0 amide bonds. The summed E-state index contributed by atoms with van der Waals surface area (Å²) in [6, 6.07) is 10.9. The van der Waals surface area contributed by atoms with E-state index in [4.69, 9.17) is 0 Å². The first-order chi connectivity index (χ1) is 13.3. The van der Waals surface area contributed by atoms with Crippen molar-refractivity contribution >= 4 is 32.9 Å². The number of rotatable bonds is 8. The van der Waals surface area contributed by atoms with E-state index in [2.05, 4.69) is 38.7 Å². The molecule has 3 rings (SSSR count). The van der Waals surface area contributed by atoms with Gasteiger partial charge in [0.05, 0.1) is 0 Å². The summed E-state index contributed by atoms with van der Waals surface area (Å²) < 4.78 is 27.5. The number of piperidine rings is 1. The summed E-state index contributed by atoms with van der Waals surface area (Å²) in [6.07, 6.45) is 3.31. The molecule has 0 spiro atoms. The predicted octanol–water partition coefficient (Wildman–Crippen LogP) is 3.16. The molecule has 1 aliphatic rings. The highest BCUT2D eigenvalue weighted by Gasteiger charge is 2.21. The van der Waals surface area contributed by atoms with Crippen molar-refractivity contribution < 1.29 is 8.42 Å². The lowest BCUT2D eigenvalue weighted by molar-refractivity contribution is 0.375. The first-order valence-corrected chi connectivity index (χ1v) is 12.0. The van der Waals surface area contributed by atoms with Gasteiger partial charge in [-0.15, -0.1) is 0 Å². The zero-order valence-corrected chi connectivity index (χ0v) is 18.4. The van der Waals surface area contributed by atoms with Crippen LogP contribution in [0.2, 0.25) is 0 Å². The van der Waals surface area contributed by atoms with E-state index in [9.17, 15) is 8.42 Å². The number of hydrogen-bond donors (Lipinski definition) is 2. The Morgan fingerprint density at radius 2 is 1.86 bits per heavy atom. The fourth-order valence-corrected chi connectivity index (χ4v) is 4.81. The van der Waals surface area contributed by atoms with Crippen molar-refractivity contribution in [1.82, 2.24) is 9.62 Å². The molecule has 154 valence electrons. The fraction of sp³-hybridized carbons (Fsp3) is 0.500. The molecule has 0 saturated carbocycles. The van der Waals surface area contributed by atoms with Gasteiger partial charge in [-0.1, -0.05) is 0 Å². The Hall–Kier alpha value is -1.61. The molecule has 2 N–H and O–H groups in total. The van der Waals surface area contributed by atoms with Crippen molar-refractivity contribution in [3.05, 3.63) is 46.7 Å². The van der Waals surface area contributed by atoms with Gasteiger partial charge in [-0.25, -0.2) is 0 Å². The van der Waals surface area contributed by atoms with Gasteiger partial charge in [0.2, 0.25) is 0 Å². The SMILES string of the molecule is C[C@@H](Cc1ccsc1)NC1CCN(c2ccc(NS(=O)(=O)N(C)C)cc2)CC1. The molecular weight excluding hydrogens is 392 g/mol. The molecule has 1 aromatic heterocycles. The van der Waals surface area contributed by atoms with Gasteiger partial charge in [-0.05, 0) is 72.8 Å². The highest BCUT2D eigenvalue weighted by Crippen LogP contribution is 2.23. The zero-order chi connectivity index (χ0) is 20.1. The van der Waals surface area contributed by atoms with Crippen LogP contribution < -0.4 is 14.9 Å². The molecule has 2 heterocycles. The second kappa shape index (κ2) is 9.26. The number of nitrogens with zero attached hydrogens (tertiary/aromatic N) is 2. The maximum Gasteiger partial charge on any atom is 0.301 e. The van der Waals surface area contributed by atoms with E-state index in [1.54, 1.807) is 11.3 Å². The molecular formula is C20H30N4O2S2. The van der Waals surface area contributed by atoms with E-state index in [1.165, 1.54) is 19.7 Å². The lowest BCUT2D eigenvalue weighted by Crippen LogP contribution is -2.46. The van der Waals surface area contributed by atoms with Crippen LogP contribution in [0.1, 0.15) is 25.3 Å². The summed E-state index contributed by atoms with van der Waals surface area (Å²) in [6.45, 7) is 4.27. The topological polar surface area (TPSA) is 64.7 Å². The normalized spacial score (nSPS) is 17.1. The molecule has 0 unspecified atom stereocenters. The average molecular weight is 423 g/mol. The van der Waals surface area contributed by atoms with Gasteiger partial charge in [-0.2, -0.15) is 24.1 Å². The van der Waals surface area contributed by atoms with Crippen molar-refractivity contribution in [2.24, 2.45) is 0 Å². The molecule has 1 fully saturated rings. The lowest BCUT2D eigenvalue weighted by Gasteiger charge is -2.35. The maximum atomic E-state index is 11.9. The quantitative estimate of drug-likeness (QED) is 0.686. The minimum Gasteiger partial charge on any atom is -0.371 e. The molecule has 0 bridgehead atoms. The molecule has 1 saturated heterocycles. The number of benzene rings is 1. The summed E-state index contributed by atoms with van der Waals surface area (Å²) in [5.41, 5.74) is 3.13. The Kier molecular flexibility index (Phi) is 6.98. The van der Waals surface area contributed by atoms with Gasteiger partial charge in [-0.3, -0.25) is 4.72 Å². The van der Waals surface area contributed by atoms with Crippen LogP contribution in [0.5, 0.6) is 0 Å². The van der Waals surface area contributed by atoms with Crippen molar-refractivity contribution in [2.45, 2.75) is 38.3 Å². The monoisotopic (exact) mass is 422 g/mol. The maximum absolute atomic E-state index is 11.9. The third-order valence-electron chi connectivity index (χ3n) is 5.10. The zero-order valence-electron chi connectivity index (χ0n) is 16.8. The average Bonchev–Trinajstić information content (AvgIpc) is 3.15. The van der Waals surface area contributed by atoms with Crippen LogP contribution in [0.4, 0.5) is 11.4 Å². The van der Waals surface area contributed by atoms with E-state index in [0.717, 1.165) is 42.3 Å². The molecule has 1 aromatic carbocycles. The van der Waals surface area contributed by atoms with Crippen LogP contribution in [-0.4, -0.2) is 52.0 Å². The Morgan fingerprint density at radius 3 is 2.43 bits per heavy atom. The van der Waals surface area contributed by atoms with E-state index >= 15 is 0 Å². The van der Waals surface area contributed by atoms with E-state index < -0.39 is 10.2 Å². The molecule has 0 aliphatic carbocycles. The van der Waals surface area contributed by atoms with Crippen LogP contribution in [0.3, 0.4) is 0 Å². The molecule has 0 radical (unpaired) electrons. The van der Waals surface area contributed by atoms with Gasteiger partial charge in [0.25, 0.3) is 0 Å². The Balaban J connectivity index is 1.48. The van der Waals surface area contributed by atoms with Gasteiger partial charge < -0.3 is 10.2 Å². The van der Waals surface area contributed by atoms with Gasteiger partial charge in [0.1, 0.15) is 0 Å². The van der Waals surface area contributed by atoms with Crippen LogP contribution >= 0.6 is 11.3 Å². The number of hydrogen-bond acceptors (Lipinski definition) is 5. The molecule has 1 atom stereocenters. The van der Waals surface area contributed by atoms with Gasteiger partial charge in [0, 0.05) is 50.6 Å². The van der Waals surface area contributed by atoms with Crippen LogP contribution in [0.15, 0.2) is 41.1 Å². The molecule has 8 heteroatoms. The second-order valence-electron chi connectivity index (χ2n) is 7.60. The number of anilines is 2. The van der Waals surface area contributed by atoms with E-state index in [-0.39, 0.29) is 0 Å². The summed E-state index contributed by atoms with van der Waals surface area (Å²) in [5.74, 6) is 0. The smallest absolute Gasteiger partial charge is 0.301 e. The van der Waals surface area contributed by atoms with Crippen LogP contribution in [-0.2, 0) is 16.6 Å². The van der Waals surface area contributed by atoms with E-state index in [0.29, 0.717) is 17.8 Å². The molecule has 28 heavy (non-hydrogen) atoms. The van der Waals surface area contributed by atoms with Crippen molar-refractivity contribution in [1.29, 1.82) is 0 Å². The summed E-state index contributed by atoms with van der Waals surface area (Å²) in [7, 11) is -0.445. The Labute approximate surface area is 172 Å². The minimum atomic E-state index is -3.46. The van der Waals surface area contributed by atoms with Crippen molar-refractivity contribution in [2.75, 3.05) is 36.8 Å². The standard InChI is InChI=1S/C20H30N4O2S2/c1-16(14-17-10-13-27-15-17)21-18-8-11-24(12-9-18)20-6-4-19(5-7-20)22-28(25,26)23(2)3/h4-7,10,13,15-16,18,21-22H,8-9,11-12,14H2,1-3H3/t16-/m0/s1. The van der Waals surface area contributed by atoms with Crippen LogP contribution in [0, 0.1) is 0 Å². The Morgan fingerprint density at radius 1 is 1.18 bits per heavy atom. The fourth-order valence-electron chi connectivity index (χ4n) is 3.51. The Bertz CT molecular complexity index is 828. The first-order valence-electron chi connectivity index (χ1n) is 9.66. The molecule has 2 aromatic rings. The summed E-state index contributed by atoms with van der Waals surface area (Å²) in [4.78, 5) is 2.37.